The van der Waals surface area contributed by atoms with Gasteiger partial charge in [-0.1, -0.05) is 6.07 Å². The first-order valence-electron chi connectivity index (χ1n) is 15.6. The van der Waals surface area contributed by atoms with Crippen LogP contribution in [0.4, 0.5) is 24.0 Å². The van der Waals surface area contributed by atoms with Crippen molar-refractivity contribution in [3.63, 3.8) is 0 Å². The Morgan fingerprint density at radius 1 is 1.20 bits per heavy atom. The van der Waals surface area contributed by atoms with Crippen LogP contribution < -0.4 is 20.1 Å². The normalized spacial score (nSPS) is 27.9. The Bertz CT molecular complexity index is 1870. The largest absolute Gasteiger partial charge is 0.484 e. The van der Waals surface area contributed by atoms with Crippen LogP contribution in [0.1, 0.15) is 38.5 Å². The van der Waals surface area contributed by atoms with Crippen LogP contribution in [0.5, 0.6) is 11.8 Å². The number of benzene rings is 2. The van der Waals surface area contributed by atoms with Crippen molar-refractivity contribution in [2.24, 2.45) is 0 Å². The molecular formula is C32H31F3IN5O3S. The van der Waals surface area contributed by atoms with Gasteiger partial charge in [0.2, 0.25) is 0 Å². The standard InChI is InChI=1S/C32H31F3IN5O3S/c33-15-11-32(7-1-8-40(32)12-15)14-43-31-38-27-24-28(44-21-13-42-9-6-20(21)41(16-2-3-16)30(24)39-31)26(36)23(25(27)35)17-4-5-19(34)29-18(17)10-22(37)45-29/h4-5,10,15-16,20-21H,1-3,6-9,11-14,37H2/t15-,20?,21?,32+/m1/s1. The summed E-state index contributed by atoms with van der Waals surface area (Å²) < 4.78 is 66.5. The van der Waals surface area contributed by atoms with Crippen molar-refractivity contribution in [2.45, 2.75) is 68.4 Å². The molecule has 3 saturated heterocycles. The first-order valence-corrected chi connectivity index (χ1v) is 17.5. The van der Waals surface area contributed by atoms with Crippen molar-refractivity contribution in [3.05, 3.63) is 33.4 Å². The average molecular weight is 750 g/mol. The molecule has 236 valence electrons. The molecule has 45 heavy (non-hydrogen) atoms. The van der Waals surface area contributed by atoms with Gasteiger partial charge in [0.05, 0.1) is 36.8 Å². The van der Waals surface area contributed by atoms with Crippen LogP contribution >= 0.6 is 33.9 Å². The third kappa shape index (κ3) is 4.43. The van der Waals surface area contributed by atoms with Crippen molar-refractivity contribution >= 4 is 65.7 Å². The highest BCUT2D eigenvalue weighted by Gasteiger charge is 2.50. The average Bonchev–Trinajstić information content (AvgIpc) is 3.58. The van der Waals surface area contributed by atoms with E-state index in [4.69, 9.17) is 29.9 Å². The Balaban J connectivity index is 1.26. The van der Waals surface area contributed by atoms with E-state index in [9.17, 15) is 8.78 Å². The number of alkyl halides is 1. The van der Waals surface area contributed by atoms with Gasteiger partial charge < -0.3 is 24.8 Å². The van der Waals surface area contributed by atoms with Crippen LogP contribution in [0.15, 0.2) is 18.2 Å². The fraction of sp³-hybridized carbons (Fsp3) is 0.500. The van der Waals surface area contributed by atoms with E-state index in [1.165, 1.54) is 6.07 Å². The maximum Gasteiger partial charge on any atom is 0.319 e. The van der Waals surface area contributed by atoms with Gasteiger partial charge in [-0.3, -0.25) is 4.90 Å². The minimum atomic E-state index is -0.896. The maximum atomic E-state index is 17.2. The fourth-order valence-electron chi connectivity index (χ4n) is 8.04. The number of nitrogens with two attached hydrogens (primary N) is 1. The predicted octanol–water partition coefficient (Wildman–Crippen LogP) is 6.45. The van der Waals surface area contributed by atoms with Crippen molar-refractivity contribution in [2.75, 3.05) is 43.5 Å². The number of nitrogen functional groups attached to an aromatic ring is 1. The second kappa shape index (κ2) is 10.4. The molecule has 0 spiro atoms. The first kappa shape index (κ1) is 28.6. The number of hydrogen-bond acceptors (Lipinski definition) is 9. The first-order chi connectivity index (χ1) is 21.8. The quantitative estimate of drug-likeness (QED) is 0.233. The van der Waals surface area contributed by atoms with Crippen LogP contribution in [-0.4, -0.2) is 77.7 Å². The van der Waals surface area contributed by atoms with Gasteiger partial charge in [-0.05, 0) is 78.9 Å². The molecule has 5 aliphatic rings. The zero-order valence-corrected chi connectivity index (χ0v) is 27.3. The molecule has 0 bridgehead atoms. The van der Waals surface area contributed by atoms with E-state index >= 15 is 4.39 Å². The number of aromatic nitrogens is 2. The summed E-state index contributed by atoms with van der Waals surface area (Å²) in [5, 5.41) is 1.47. The summed E-state index contributed by atoms with van der Waals surface area (Å²) in [5.41, 5.74) is 6.55. The Labute approximate surface area is 275 Å². The number of ether oxygens (including phenoxy) is 3. The van der Waals surface area contributed by atoms with Crippen molar-refractivity contribution in [1.29, 1.82) is 0 Å². The highest BCUT2D eigenvalue weighted by Crippen LogP contribution is 2.51. The zero-order chi connectivity index (χ0) is 30.6. The molecule has 4 atom stereocenters. The molecule has 2 aromatic heterocycles. The lowest BCUT2D eigenvalue weighted by Gasteiger charge is -2.38. The Kier molecular flexibility index (Phi) is 6.63. The minimum absolute atomic E-state index is 0.0212. The summed E-state index contributed by atoms with van der Waals surface area (Å²) in [4.78, 5) is 14.2. The summed E-state index contributed by atoms with van der Waals surface area (Å²) in [5.74, 6) is 0.121. The molecule has 2 unspecified atom stereocenters. The van der Waals surface area contributed by atoms with Crippen LogP contribution in [0.3, 0.4) is 0 Å². The molecule has 2 N–H and O–H groups in total. The SMILES string of the molecule is Nc1cc2c(-c3c(I)c4c5c(nc(OC[C@@]67CCCN6C[C@H](F)C7)nc5c3F)N(C3CC3)C3CCOCC3O4)ccc(F)c2s1. The molecule has 4 aliphatic heterocycles. The molecule has 1 aliphatic carbocycles. The topological polar surface area (TPSA) is 86.0 Å². The molecule has 4 fully saturated rings. The molecule has 1 saturated carbocycles. The molecule has 0 radical (unpaired) electrons. The lowest BCUT2D eigenvalue weighted by Crippen LogP contribution is -2.52. The molecular weight excluding hydrogens is 718 g/mol. The van der Waals surface area contributed by atoms with Gasteiger partial charge in [-0.25, -0.2) is 13.2 Å². The fourth-order valence-corrected chi connectivity index (χ4v) is 9.83. The minimum Gasteiger partial charge on any atom is -0.484 e. The summed E-state index contributed by atoms with van der Waals surface area (Å²) in [6, 6.07) is 4.91. The summed E-state index contributed by atoms with van der Waals surface area (Å²) in [7, 11) is 0. The lowest BCUT2D eigenvalue weighted by atomic mass is 9.95. The lowest BCUT2D eigenvalue weighted by molar-refractivity contribution is -0.00627. The van der Waals surface area contributed by atoms with Crippen LogP contribution in [0.2, 0.25) is 0 Å². The van der Waals surface area contributed by atoms with E-state index < -0.39 is 23.3 Å². The van der Waals surface area contributed by atoms with Crippen molar-refractivity contribution in [3.8, 4) is 22.9 Å². The predicted molar refractivity (Wildman–Crippen MR) is 175 cm³/mol. The molecule has 2 aromatic carbocycles. The highest BCUT2D eigenvalue weighted by atomic mass is 127. The van der Waals surface area contributed by atoms with E-state index in [1.54, 1.807) is 12.1 Å². The van der Waals surface area contributed by atoms with Crippen LogP contribution in [-0.2, 0) is 4.74 Å². The second-order valence-corrected chi connectivity index (χ2v) is 15.1. The van der Waals surface area contributed by atoms with Gasteiger partial charge in [-0.15, -0.1) is 11.3 Å². The molecule has 13 heteroatoms. The van der Waals surface area contributed by atoms with Crippen molar-refractivity contribution in [1.82, 2.24) is 14.9 Å². The van der Waals surface area contributed by atoms with E-state index in [0.717, 1.165) is 50.0 Å². The smallest absolute Gasteiger partial charge is 0.319 e. The summed E-state index contributed by atoms with van der Waals surface area (Å²) >= 11 is 3.26. The third-order valence-electron chi connectivity index (χ3n) is 10.2. The number of nitrogens with zero attached hydrogens (tertiary/aromatic N) is 4. The van der Waals surface area contributed by atoms with Gasteiger partial charge >= 0.3 is 6.01 Å². The maximum absolute atomic E-state index is 17.2. The summed E-state index contributed by atoms with van der Waals surface area (Å²) in [6.45, 7) is 2.47. The Morgan fingerprint density at radius 3 is 2.91 bits per heavy atom. The van der Waals surface area contributed by atoms with Gasteiger partial charge in [0, 0.05) is 36.6 Å². The molecule has 0 amide bonds. The number of halogens is 4. The van der Waals surface area contributed by atoms with E-state index in [0.29, 0.717) is 67.4 Å². The van der Waals surface area contributed by atoms with E-state index in [1.807, 2.05) is 0 Å². The van der Waals surface area contributed by atoms with Crippen molar-refractivity contribution < 1.29 is 27.4 Å². The summed E-state index contributed by atoms with van der Waals surface area (Å²) in [6.07, 6.45) is 3.78. The van der Waals surface area contributed by atoms with Crippen LogP contribution in [0.25, 0.3) is 32.1 Å². The van der Waals surface area contributed by atoms with Gasteiger partial charge in [0.15, 0.2) is 5.82 Å². The number of thiophene rings is 1. The van der Waals surface area contributed by atoms with Gasteiger partial charge in [0.1, 0.15) is 41.8 Å². The molecule has 8 nitrogen and oxygen atoms in total. The number of fused-ring (bicyclic) bond motifs is 3. The number of anilines is 2. The monoisotopic (exact) mass is 749 g/mol. The highest BCUT2D eigenvalue weighted by molar-refractivity contribution is 14.1. The third-order valence-corrected chi connectivity index (χ3v) is 12.2. The Hall–Kier alpha value is -2.62. The van der Waals surface area contributed by atoms with E-state index in [2.05, 4.69) is 32.4 Å². The number of hydrogen-bond donors (Lipinski definition) is 1. The molecule has 9 rings (SSSR count). The second-order valence-electron chi connectivity index (χ2n) is 13.0. The van der Waals surface area contributed by atoms with Gasteiger partial charge in [-0.2, -0.15) is 9.97 Å². The molecule has 6 heterocycles. The zero-order valence-electron chi connectivity index (χ0n) is 24.3. The Morgan fingerprint density at radius 2 is 2.07 bits per heavy atom. The number of rotatable bonds is 5. The van der Waals surface area contributed by atoms with Crippen LogP contribution in [0, 0.1) is 15.2 Å². The van der Waals surface area contributed by atoms with E-state index in [-0.39, 0.29) is 41.9 Å². The molecule has 4 aromatic rings. The van der Waals surface area contributed by atoms with Gasteiger partial charge in [0.25, 0.3) is 0 Å².